The summed E-state index contributed by atoms with van der Waals surface area (Å²) in [6, 6.07) is 13.4. The van der Waals surface area contributed by atoms with Gasteiger partial charge in [-0.15, -0.1) is 0 Å². The summed E-state index contributed by atoms with van der Waals surface area (Å²) in [4.78, 5) is 47.8. The molecule has 0 N–H and O–H groups in total. The van der Waals surface area contributed by atoms with E-state index >= 15 is 0 Å². The minimum absolute atomic E-state index is 0.127. The van der Waals surface area contributed by atoms with Gasteiger partial charge in [-0.25, -0.2) is 19.2 Å². The Morgan fingerprint density at radius 3 is 1.28 bits per heavy atom. The van der Waals surface area contributed by atoms with Crippen LogP contribution in [0.5, 0.6) is 11.5 Å². The quantitative estimate of drug-likeness (QED) is 0.0658. The zero-order valence-electron chi connectivity index (χ0n) is 28.3. The second kappa shape index (κ2) is 20.7. The largest absolute Gasteiger partial charge is 0.494 e. The highest BCUT2D eigenvalue weighted by atomic mass is 16.7. The van der Waals surface area contributed by atoms with Gasteiger partial charge in [-0.3, -0.25) is 0 Å². The molecule has 2 unspecified atom stereocenters. The van der Waals surface area contributed by atoms with E-state index in [0.717, 1.165) is 63.5 Å². The summed E-state index contributed by atoms with van der Waals surface area (Å²) >= 11 is 0. The Morgan fingerprint density at radius 1 is 0.560 bits per heavy atom. The third-order valence-electron chi connectivity index (χ3n) is 8.10. The molecule has 2 fully saturated rings. The Balaban J connectivity index is 1.10. The van der Waals surface area contributed by atoms with Crippen LogP contribution >= 0.6 is 0 Å². The number of benzene rings is 2. The van der Waals surface area contributed by atoms with E-state index in [-0.39, 0.29) is 13.2 Å². The Kier molecular flexibility index (Phi) is 15.8. The van der Waals surface area contributed by atoms with Gasteiger partial charge < -0.3 is 37.9 Å². The number of fused-ring (bicyclic) bond motifs is 1. The highest BCUT2D eigenvalue weighted by Crippen LogP contribution is 2.32. The first kappa shape index (κ1) is 38.1. The minimum atomic E-state index is -0.640. The Labute approximate surface area is 292 Å². The van der Waals surface area contributed by atoms with Crippen molar-refractivity contribution in [1.29, 1.82) is 0 Å². The first-order valence-corrected chi connectivity index (χ1v) is 17.1. The summed E-state index contributed by atoms with van der Waals surface area (Å²) in [6.07, 6.45) is 6.93. The number of ether oxygens (including phenoxy) is 8. The summed E-state index contributed by atoms with van der Waals surface area (Å²) < 4.78 is 44.5. The lowest BCUT2D eigenvalue weighted by Gasteiger charge is -2.17. The highest BCUT2D eigenvalue weighted by molar-refractivity contribution is 5.90. The van der Waals surface area contributed by atoms with Crippen LogP contribution in [0, 0.1) is 0 Å². The molecule has 2 saturated heterocycles. The Morgan fingerprint density at radius 2 is 0.920 bits per heavy atom. The van der Waals surface area contributed by atoms with E-state index in [0.29, 0.717) is 49.1 Å². The van der Waals surface area contributed by atoms with Gasteiger partial charge in [0.25, 0.3) is 0 Å². The molecule has 2 aromatic rings. The normalized spacial score (nSPS) is 19.1. The molecule has 2 aromatic carbocycles. The Hall–Kier alpha value is -4.68. The first-order valence-electron chi connectivity index (χ1n) is 17.1. The molecule has 50 heavy (non-hydrogen) atoms. The Bertz CT molecular complexity index is 1300. The highest BCUT2D eigenvalue weighted by Gasteiger charge is 2.51. The molecule has 2 aliphatic heterocycles. The molecule has 4 rings (SSSR count). The molecule has 0 amide bonds. The van der Waals surface area contributed by atoms with Gasteiger partial charge in [0.1, 0.15) is 23.7 Å². The fourth-order valence-electron chi connectivity index (χ4n) is 5.38. The van der Waals surface area contributed by atoms with Crippen LogP contribution in [0.25, 0.3) is 0 Å². The van der Waals surface area contributed by atoms with E-state index in [1.165, 1.54) is 0 Å². The maximum atomic E-state index is 12.9. The van der Waals surface area contributed by atoms with Crippen LogP contribution in [0.4, 0.5) is 0 Å². The first-order chi connectivity index (χ1) is 24.4. The molecule has 270 valence electrons. The SMILES string of the molecule is C=CC(=O)OCCCCCCOc1ccc(C(=O)O[C@H]2COC3C2OC[C@H]3OC(=O)c2ccc(OCCCCCCOC(=O)C=C)cc2)cc1. The van der Waals surface area contributed by atoms with Crippen LogP contribution in [0.1, 0.15) is 72.1 Å². The van der Waals surface area contributed by atoms with Gasteiger partial charge in [-0.05, 0) is 99.9 Å². The van der Waals surface area contributed by atoms with E-state index in [4.69, 9.17) is 37.9 Å². The predicted molar refractivity (Wildman–Crippen MR) is 181 cm³/mol. The van der Waals surface area contributed by atoms with Crippen molar-refractivity contribution in [3.8, 4) is 11.5 Å². The van der Waals surface area contributed by atoms with E-state index in [1.807, 2.05) is 0 Å². The summed E-state index contributed by atoms with van der Waals surface area (Å²) in [5.74, 6) is -0.553. The van der Waals surface area contributed by atoms with Crippen molar-refractivity contribution in [2.75, 3.05) is 39.6 Å². The van der Waals surface area contributed by atoms with E-state index in [9.17, 15) is 19.2 Å². The van der Waals surface area contributed by atoms with Gasteiger partial charge in [0.05, 0.1) is 50.8 Å². The monoisotopic (exact) mass is 694 g/mol. The lowest BCUT2D eigenvalue weighted by molar-refractivity contribution is -0.138. The number of hydrogen-bond acceptors (Lipinski definition) is 12. The van der Waals surface area contributed by atoms with Crippen molar-refractivity contribution < 1.29 is 57.1 Å². The smallest absolute Gasteiger partial charge is 0.338 e. The van der Waals surface area contributed by atoms with Gasteiger partial charge in [0, 0.05) is 12.2 Å². The number of carbonyl (C=O) groups is 4. The van der Waals surface area contributed by atoms with Crippen molar-refractivity contribution in [3.63, 3.8) is 0 Å². The standard InChI is InChI=1S/C38H46O12/c1-3-33(39)45-23-11-7-5-9-21-43-29-17-13-27(14-18-29)37(41)49-31-25-47-36-32(26-48-35(31)36)50-38(42)28-15-19-30(20-16-28)44-22-10-6-8-12-24-46-34(40)4-2/h3-4,13-20,31-32,35-36H,1-2,5-12,21-26H2/t31-,32+,35?,36?. The maximum Gasteiger partial charge on any atom is 0.338 e. The molecule has 12 heteroatoms. The van der Waals surface area contributed by atoms with Gasteiger partial charge in [0.15, 0.2) is 12.2 Å². The summed E-state index contributed by atoms with van der Waals surface area (Å²) in [5, 5.41) is 0. The second-order valence-electron chi connectivity index (χ2n) is 11.8. The third kappa shape index (κ3) is 12.3. The number of rotatable bonds is 22. The zero-order chi connectivity index (χ0) is 35.6. The average molecular weight is 695 g/mol. The lowest BCUT2D eigenvalue weighted by atomic mass is 10.1. The van der Waals surface area contributed by atoms with Crippen molar-refractivity contribution in [2.24, 2.45) is 0 Å². The van der Waals surface area contributed by atoms with Crippen molar-refractivity contribution in [3.05, 3.63) is 85.0 Å². The predicted octanol–water partition coefficient (Wildman–Crippen LogP) is 5.57. The van der Waals surface area contributed by atoms with Crippen LogP contribution in [0.15, 0.2) is 73.8 Å². The molecule has 12 nitrogen and oxygen atoms in total. The fourth-order valence-corrected chi connectivity index (χ4v) is 5.38. The van der Waals surface area contributed by atoms with Crippen LogP contribution in [0.3, 0.4) is 0 Å². The molecule has 0 radical (unpaired) electrons. The molecule has 0 bridgehead atoms. The number of esters is 4. The number of hydrogen-bond donors (Lipinski definition) is 0. The third-order valence-corrected chi connectivity index (χ3v) is 8.10. The van der Waals surface area contributed by atoms with Gasteiger partial charge >= 0.3 is 23.9 Å². The van der Waals surface area contributed by atoms with Gasteiger partial charge in [-0.2, -0.15) is 0 Å². The average Bonchev–Trinajstić information content (AvgIpc) is 3.73. The van der Waals surface area contributed by atoms with Crippen molar-refractivity contribution in [1.82, 2.24) is 0 Å². The molecular formula is C38H46O12. The number of unbranched alkanes of at least 4 members (excludes halogenated alkanes) is 6. The molecule has 0 saturated carbocycles. The topological polar surface area (TPSA) is 142 Å². The van der Waals surface area contributed by atoms with Crippen LogP contribution in [-0.4, -0.2) is 87.9 Å². The van der Waals surface area contributed by atoms with E-state index < -0.39 is 48.3 Å². The van der Waals surface area contributed by atoms with Crippen molar-refractivity contribution >= 4 is 23.9 Å². The summed E-state index contributed by atoms with van der Waals surface area (Å²) in [7, 11) is 0. The van der Waals surface area contributed by atoms with E-state index in [1.54, 1.807) is 48.5 Å². The molecule has 0 aromatic heterocycles. The second-order valence-corrected chi connectivity index (χ2v) is 11.8. The molecule has 2 aliphatic rings. The van der Waals surface area contributed by atoms with Gasteiger partial charge in [0.2, 0.25) is 0 Å². The van der Waals surface area contributed by atoms with Gasteiger partial charge in [-0.1, -0.05) is 13.2 Å². The van der Waals surface area contributed by atoms with E-state index in [2.05, 4.69) is 13.2 Å². The zero-order valence-corrected chi connectivity index (χ0v) is 28.3. The lowest BCUT2D eigenvalue weighted by Crippen LogP contribution is -2.36. The molecule has 0 aliphatic carbocycles. The number of carbonyl (C=O) groups excluding carboxylic acids is 4. The molecule has 2 heterocycles. The fraction of sp³-hybridized carbons (Fsp3) is 0.474. The molecule has 4 atom stereocenters. The van der Waals surface area contributed by atoms with Crippen LogP contribution in [-0.2, 0) is 38.0 Å². The summed E-state index contributed by atoms with van der Waals surface area (Å²) in [5.41, 5.74) is 0.735. The minimum Gasteiger partial charge on any atom is -0.494 e. The molecule has 0 spiro atoms. The van der Waals surface area contributed by atoms with Crippen LogP contribution in [0.2, 0.25) is 0 Å². The summed E-state index contributed by atoms with van der Waals surface area (Å²) in [6.45, 7) is 8.81. The maximum absolute atomic E-state index is 12.9. The van der Waals surface area contributed by atoms with Crippen molar-refractivity contribution in [2.45, 2.75) is 75.8 Å². The van der Waals surface area contributed by atoms with Crippen LogP contribution < -0.4 is 9.47 Å². The molecular weight excluding hydrogens is 648 g/mol.